The van der Waals surface area contributed by atoms with Crippen LogP contribution in [0.3, 0.4) is 0 Å². The number of Topliss-reactive ketones (excluding diaryl/α,β-unsaturated/α-hetero) is 1. The Balaban J connectivity index is 2.40. The van der Waals surface area contributed by atoms with Gasteiger partial charge in [0, 0.05) is 13.0 Å². The van der Waals surface area contributed by atoms with Crippen LogP contribution in [0.2, 0.25) is 0 Å². The minimum atomic E-state index is 0.356. The van der Waals surface area contributed by atoms with Crippen LogP contribution in [0.25, 0.3) is 0 Å². The van der Waals surface area contributed by atoms with Crippen LogP contribution in [0, 0.1) is 0 Å². The number of nitrogens with zero attached hydrogens (tertiary/aromatic N) is 1. The topological polar surface area (TPSA) is 20.3 Å². The molecule has 0 bridgehead atoms. The fraction of sp³-hybridized carbons (Fsp3) is 0.750. The van der Waals surface area contributed by atoms with Crippen molar-refractivity contribution in [1.29, 1.82) is 0 Å². The van der Waals surface area contributed by atoms with Gasteiger partial charge in [-0.25, -0.2) is 0 Å². The van der Waals surface area contributed by atoms with E-state index in [1.165, 1.54) is 0 Å². The molecule has 1 heterocycles. The lowest BCUT2D eigenvalue weighted by atomic mass is 10.4. The normalized spacial score (nSPS) is 23.9. The van der Waals surface area contributed by atoms with E-state index in [4.69, 9.17) is 0 Å². The van der Waals surface area contributed by atoms with E-state index in [-0.39, 0.29) is 0 Å². The second-order valence-corrected chi connectivity index (χ2v) is 2.49. The third kappa shape index (κ3) is 1.22. The zero-order chi connectivity index (χ0) is 5.28. The molecule has 1 atom stereocenters. The van der Waals surface area contributed by atoms with Gasteiger partial charge in [0.05, 0.1) is 6.54 Å². The molecule has 1 fully saturated rings. The summed E-state index contributed by atoms with van der Waals surface area (Å²) in [4.78, 5) is 10.4. The maximum absolute atomic E-state index is 10.4. The van der Waals surface area contributed by atoms with E-state index < -0.39 is 0 Å². The summed E-state index contributed by atoms with van der Waals surface area (Å²) >= 11 is 0. The Morgan fingerprint density at radius 3 is 2.57 bits per heavy atom. The van der Waals surface area contributed by atoms with Gasteiger partial charge < -0.3 is 0 Å². The molecule has 0 aromatic rings. The van der Waals surface area contributed by atoms with Gasteiger partial charge in [-0.1, -0.05) is 9.39 Å². The van der Waals surface area contributed by atoms with Crippen LogP contribution in [0.1, 0.15) is 6.42 Å². The maximum atomic E-state index is 10.4. The standard InChI is InChI=1S/C4H8NOP/c6-4-1-2-5(7)3-4/h1-3,7H2. The van der Waals surface area contributed by atoms with Crippen molar-refractivity contribution in [3.05, 3.63) is 0 Å². The molecule has 1 rings (SSSR count). The molecule has 40 valence electrons. The number of hydrogen-bond donors (Lipinski definition) is 0. The van der Waals surface area contributed by atoms with Gasteiger partial charge in [-0.15, -0.1) is 0 Å². The molecule has 0 N–H and O–H groups in total. The van der Waals surface area contributed by atoms with Crippen LogP contribution in [0.4, 0.5) is 0 Å². The summed E-state index contributed by atoms with van der Waals surface area (Å²) in [5.41, 5.74) is 0. The minimum absolute atomic E-state index is 0.356. The second-order valence-electron chi connectivity index (χ2n) is 1.76. The first-order valence-corrected chi connectivity index (χ1v) is 2.82. The summed E-state index contributed by atoms with van der Waals surface area (Å²) in [5.74, 6) is 0.356. The monoisotopic (exact) mass is 117 g/mol. The van der Waals surface area contributed by atoms with Gasteiger partial charge in [-0.05, 0) is 0 Å². The molecular weight excluding hydrogens is 109 g/mol. The molecule has 0 radical (unpaired) electrons. The molecule has 1 saturated heterocycles. The summed E-state index contributed by atoms with van der Waals surface area (Å²) in [7, 11) is 2.51. The van der Waals surface area contributed by atoms with E-state index in [0.717, 1.165) is 13.0 Å². The van der Waals surface area contributed by atoms with Crippen molar-refractivity contribution in [2.75, 3.05) is 13.1 Å². The minimum Gasteiger partial charge on any atom is -0.298 e. The molecule has 0 aliphatic carbocycles. The Labute approximate surface area is 45.1 Å². The molecule has 0 spiro atoms. The van der Waals surface area contributed by atoms with Crippen LogP contribution >= 0.6 is 9.39 Å². The first-order valence-electron chi connectivity index (χ1n) is 2.30. The van der Waals surface area contributed by atoms with Gasteiger partial charge >= 0.3 is 0 Å². The summed E-state index contributed by atoms with van der Waals surface area (Å²) < 4.78 is 1.95. The average molecular weight is 117 g/mol. The van der Waals surface area contributed by atoms with Crippen molar-refractivity contribution >= 4 is 15.2 Å². The van der Waals surface area contributed by atoms with E-state index >= 15 is 0 Å². The van der Waals surface area contributed by atoms with Gasteiger partial charge in [0.25, 0.3) is 0 Å². The average Bonchev–Trinajstić information content (AvgIpc) is 1.87. The largest absolute Gasteiger partial charge is 0.298 e. The quantitative estimate of drug-likeness (QED) is 0.418. The SMILES string of the molecule is O=C1CCN(P)C1. The van der Waals surface area contributed by atoms with Crippen molar-refractivity contribution in [2.24, 2.45) is 0 Å². The molecule has 0 saturated carbocycles. The molecule has 1 aliphatic rings. The van der Waals surface area contributed by atoms with Gasteiger partial charge in [0.1, 0.15) is 5.78 Å². The zero-order valence-corrected chi connectivity index (χ0v) is 5.21. The van der Waals surface area contributed by atoms with Crippen molar-refractivity contribution in [3.8, 4) is 0 Å². The Kier molecular flexibility index (Phi) is 1.40. The van der Waals surface area contributed by atoms with Crippen molar-refractivity contribution in [2.45, 2.75) is 6.42 Å². The second kappa shape index (κ2) is 1.89. The van der Waals surface area contributed by atoms with E-state index in [0.29, 0.717) is 12.3 Å². The molecule has 7 heavy (non-hydrogen) atoms. The van der Waals surface area contributed by atoms with Crippen LogP contribution in [-0.2, 0) is 4.79 Å². The number of carbonyl (C=O) groups excluding carboxylic acids is 1. The Hall–Kier alpha value is 0.0600. The van der Waals surface area contributed by atoms with Gasteiger partial charge in [0.2, 0.25) is 0 Å². The van der Waals surface area contributed by atoms with Crippen molar-refractivity contribution < 1.29 is 4.79 Å². The van der Waals surface area contributed by atoms with Gasteiger partial charge in [0.15, 0.2) is 0 Å². The highest BCUT2D eigenvalue weighted by molar-refractivity contribution is 7.13. The van der Waals surface area contributed by atoms with Crippen LogP contribution in [-0.4, -0.2) is 23.5 Å². The Morgan fingerprint density at radius 1 is 1.71 bits per heavy atom. The molecule has 3 heteroatoms. The Morgan fingerprint density at radius 2 is 2.43 bits per heavy atom. The van der Waals surface area contributed by atoms with E-state index in [1.54, 1.807) is 0 Å². The molecule has 1 unspecified atom stereocenters. The number of ketones is 1. The zero-order valence-electron chi connectivity index (χ0n) is 4.05. The third-order valence-electron chi connectivity index (χ3n) is 1.06. The first kappa shape index (κ1) is 5.20. The molecule has 2 nitrogen and oxygen atoms in total. The van der Waals surface area contributed by atoms with Crippen molar-refractivity contribution in [3.63, 3.8) is 0 Å². The Bertz CT molecular complexity index is 93.7. The van der Waals surface area contributed by atoms with E-state index in [9.17, 15) is 4.79 Å². The highest BCUT2D eigenvalue weighted by atomic mass is 31.0. The number of carbonyl (C=O) groups is 1. The van der Waals surface area contributed by atoms with Crippen LogP contribution < -0.4 is 0 Å². The highest BCUT2D eigenvalue weighted by Gasteiger charge is 2.13. The summed E-state index contributed by atoms with van der Waals surface area (Å²) in [5, 5.41) is 0. The lowest BCUT2D eigenvalue weighted by Gasteiger charge is -1.99. The number of hydrogen-bond acceptors (Lipinski definition) is 2. The smallest absolute Gasteiger partial charge is 0.148 e. The third-order valence-corrected chi connectivity index (χ3v) is 1.50. The van der Waals surface area contributed by atoms with Crippen molar-refractivity contribution in [1.82, 2.24) is 4.67 Å². The predicted molar refractivity (Wildman–Crippen MR) is 30.9 cm³/mol. The molecule has 0 aromatic carbocycles. The molecule has 0 amide bonds. The summed E-state index contributed by atoms with van der Waals surface area (Å²) in [6.45, 7) is 1.55. The molecular formula is C4H8NOP. The predicted octanol–water partition coefficient (Wildman–Crippen LogP) is 0.0513. The molecule has 1 aliphatic heterocycles. The van der Waals surface area contributed by atoms with Gasteiger partial charge in [-0.2, -0.15) is 0 Å². The lowest BCUT2D eigenvalue weighted by Crippen LogP contribution is -2.05. The fourth-order valence-electron chi connectivity index (χ4n) is 0.653. The van der Waals surface area contributed by atoms with E-state index in [2.05, 4.69) is 9.39 Å². The molecule has 0 aromatic heterocycles. The fourth-order valence-corrected chi connectivity index (χ4v) is 0.986. The lowest BCUT2D eigenvalue weighted by molar-refractivity contribution is -0.116. The highest BCUT2D eigenvalue weighted by Crippen LogP contribution is 2.07. The van der Waals surface area contributed by atoms with Crippen LogP contribution in [0.5, 0.6) is 0 Å². The first-order chi connectivity index (χ1) is 3.29. The number of rotatable bonds is 0. The maximum Gasteiger partial charge on any atom is 0.148 e. The summed E-state index contributed by atoms with van der Waals surface area (Å²) in [6, 6.07) is 0. The van der Waals surface area contributed by atoms with Gasteiger partial charge in [-0.3, -0.25) is 9.46 Å². The van der Waals surface area contributed by atoms with E-state index in [1.807, 2.05) is 4.67 Å². The summed E-state index contributed by atoms with van der Waals surface area (Å²) in [6.07, 6.45) is 0.740. The van der Waals surface area contributed by atoms with Crippen LogP contribution in [0.15, 0.2) is 0 Å².